The Morgan fingerprint density at radius 1 is 1.21 bits per heavy atom. The number of halogens is 1. The first kappa shape index (κ1) is 22.1. The fourth-order valence-corrected chi connectivity index (χ4v) is 3.59. The number of Topliss-reactive ketones (excluding diaryl/α,β-unsaturated/α-hetero) is 1. The molecule has 28 heavy (non-hydrogen) atoms. The average molecular weight is 405 g/mol. The summed E-state index contributed by atoms with van der Waals surface area (Å²) in [6.07, 6.45) is 6.21. The number of hydrogen-bond donors (Lipinski definition) is 1. The standard InChI is InChI=1S/C21H28N4O2.ClH/c1-3-4-16-5-7-17(8-6-16)19(26)9-10-20(27)25-14-11-22-15-18(25)21-23-12-13-24(21)2;/h5-8,12-13,18,22H,3-4,9-11,14-15H2,1-2H3;1H. The summed E-state index contributed by atoms with van der Waals surface area (Å²) < 4.78 is 1.95. The van der Waals surface area contributed by atoms with Gasteiger partial charge in [-0.3, -0.25) is 9.59 Å². The van der Waals surface area contributed by atoms with Gasteiger partial charge in [-0.15, -0.1) is 12.4 Å². The monoisotopic (exact) mass is 404 g/mol. The Morgan fingerprint density at radius 3 is 2.61 bits per heavy atom. The van der Waals surface area contributed by atoms with Crippen molar-refractivity contribution in [2.24, 2.45) is 7.05 Å². The van der Waals surface area contributed by atoms with Gasteiger partial charge >= 0.3 is 0 Å². The van der Waals surface area contributed by atoms with Crippen LogP contribution in [0.1, 0.15) is 54.0 Å². The van der Waals surface area contributed by atoms with E-state index < -0.39 is 0 Å². The molecule has 1 unspecified atom stereocenters. The minimum Gasteiger partial charge on any atom is -0.336 e. The van der Waals surface area contributed by atoms with Gasteiger partial charge in [0.2, 0.25) is 5.91 Å². The molecule has 0 radical (unpaired) electrons. The van der Waals surface area contributed by atoms with Gasteiger partial charge in [0.05, 0.1) is 0 Å². The Balaban J connectivity index is 0.00000280. The molecule has 3 rings (SSSR count). The number of ketones is 1. The number of rotatable bonds is 7. The average Bonchev–Trinajstić information content (AvgIpc) is 3.12. The van der Waals surface area contributed by atoms with E-state index in [4.69, 9.17) is 0 Å². The molecule has 1 fully saturated rings. The number of piperazine rings is 1. The van der Waals surface area contributed by atoms with Gasteiger partial charge in [-0.25, -0.2) is 4.98 Å². The van der Waals surface area contributed by atoms with Crippen LogP contribution >= 0.6 is 12.4 Å². The van der Waals surface area contributed by atoms with Gasteiger partial charge in [-0.2, -0.15) is 0 Å². The summed E-state index contributed by atoms with van der Waals surface area (Å²) in [5.74, 6) is 0.906. The van der Waals surface area contributed by atoms with E-state index in [1.54, 1.807) is 6.20 Å². The highest BCUT2D eigenvalue weighted by molar-refractivity contribution is 5.98. The van der Waals surface area contributed by atoms with E-state index in [1.165, 1.54) is 5.56 Å². The molecule has 1 aliphatic rings. The van der Waals surface area contributed by atoms with E-state index in [-0.39, 0.29) is 43.0 Å². The molecule has 2 heterocycles. The summed E-state index contributed by atoms with van der Waals surface area (Å²) in [5, 5.41) is 3.33. The molecule has 1 amide bonds. The number of nitrogens with one attached hydrogen (secondary N) is 1. The molecule has 0 saturated carbocycles. The highest BCUT2D eigenvalue weighted by Crippen LogP contribution is 2.22. The maximum absolute atomic E-state index is 12.8. The zero-order chi connectivity index (χ0) is 19.2. The summed E-state index contributed by atoms with van der Waals surface area (Å²) in [5.41, 5.74) is 1.92. The van der Waals surface area contributed by atoms with Crippen molar-refractivity contribution >= 4 is 24.1 Å². The van der Waals surface area contributed by atoms with E-state index in [0.29, 0.717) is 18.7 Å². The van der Waals surface area contributed by atoms with Crippen LogP contribution in [0.3, 0.4) is 0 Å². The quantitative estimate of drug-likeness (QED) is 0.720. The van der Waals surface area contributed by atoms with Gasteiger partial charge in [0, 0.05) is 57.5 Å². The Labute approximate surface area is 172 Å². The lowest BCUT2D eigenvalue weighted by Crippen LogP contribution is -2.49. The van der Waals surface area contributed by atoms with Gasteiger partial charge in [-0.1, -0.05) is 37.6 Å². The fourth-order valence-electron chi connectivity index (χ4n) is 3.59. The van der Waals surface area contributed by atoms with Crippen molar-refractivity contribution in [3.05, 3.63) is 53.6 Å². The van der Waals surface area contributed by atoms with Crippen molar-refractivity contribution in [3.63, 3.8) is 0 Å². The van der Waals surface area contributed by atoms with Crippen molar-refractivity contribution in [3.8, 4) is 0 Å². The van der Waals surface area contributed by atoms with Crippen LogP contribution in [0.25, 0.3) is 0 Å². The van der Waals surface area contributed by atoms with Crippen molar-refractivity contribution in [1.29, 1.82) is 0 Å². The molecule has 1 N–H and O–H groups in total. The lowest BCUT2D eigenvalue weighted by molar-refractivity contribution is -0.134. The van der Waals surface area contributed by atoms with E-state index in [2.05, 4.69) is 17.2 Å². The molecule has 1 atom stereocenters. The Kier molecular flexibility index (Phi) is 8.20. The zero-order valence-electron chi connectivity index (χ0n) is 16.6. The van der Waals surface area contributed by atoms with Crippen LogP contribution in [-0.4, -0.2) is 45.8 Å². The van der Waals surface area contributed by atoms with E-state index in [9.17, 15) is 9.59 Å². The molecular formula is C21H29ClN4O2. The molecule has 6 nitrogen and oxygen atoms in total. The molecule has 2 aromatic rings. The topological polar surface area (TPSA) is 67.2 Å². The number of imidazole rings is 1. The third-order valence-electron chi connectivity index (χ3n) is 5.10. The van der Waals surface area contributed by atoms with Gasteiger partial charge < -0.3 is 14.8 Å². The number of carbonyl (C=O) groups excluding carboxylic acids is 2. The second-order valence-electron chi connectivity index (χ2n) is 7.07. The van der Waals surface area contributed by atoms with Gasteiger partial charge in [0.15, 0.2) is 5.78 Å². The molecule has 0 spiro atoms. The number of hydrogen-bond acceptors (Lipinski definition) is 4. The van der Waals surface area contributed by atoms with Crippen LogP contribution in [0, 0.1) is 0 Å². The Hall–Kier alpha value is -2.18. The fraction of sp³-hybridized carbons (Fsp3) is 0.476. The molecule has 7 heteroatoms. The summed E-state index contributed by atoms with van der Waals surface area (Å²) >= 11 is 0. The third-order valence-corrected chi connectivity index (χ3v) is 5.10. The molecule has 0 bridgehead atoms. The molecule has 1 aromatic heterocycles. The van der Waals surface area contributed by atoms with E-state index >= 15 is 0 Å². The number of benzene rings is 1. The van der Waals surface area contributed by atoms with Crippen LogP contribution in [0.2, 0.25) is 0 Å². The van der Waals surface area contributed by atoms with Gasteiger partial charge in [0.25, 0.3) is 0 Å². The molecule has 1 aliphatic heterocycles. The van der Waals surface area contributed by atoms with Crippen molar-refractivity contribution in [2.45, 2.75) is 38.6 Å². The molecular weight excluding hydrogens is 376 g/mol. The largest absolute Gasteiger partial charge is 0.336 e. The number of amides is 1. The number of aryl methyl sites for hydroxylation is 2. The normalized spacial score (nSPS) is 16.5. The van der Waals surface area contributed by atoms with Gasteiger partial charge in [0.1, 0.15) is 11.9 Å². The minimum absolute atomic E-state index is 0. The highest BCUT2D eigenvalue weighted by Gasteiger charge is 2.30. The van der Waals surface area contributed by atoms with Crippen LogP contribution in [0.15, 0.2) is 36.7 Å². The number of nitrogens with zero attached hydrogens (tertiary/aromatic N) is 3. The smallest absolute Gasteiger partial charge is 0.223 e. The van der Waals surface area contributed by atoms with Crippen molar-refractivity contribution < 1.29 is 9.59 Å². The zero-order valence-corrected chi connectivity index (χ0v) is 17.4. The summed E-state index contributed by atoms with van der Waals surface area (Å²) in [6.45, 7) is 4.22. The maximum Gasteiger partial charge on any atom is 0.223 e. The van der Waals surface area contributed by atoms with E-state index in [1.807, 2.05) is 47.0 Å². The first-order valence-corrected chi connectivity index (χ1v) is 9.69. The van der Waals surface area contributed by atoms with Gasteiger partial charge in [-0.05, 0) is 12.0 Å². The first-order chi connectivity index (χ1) is 13.1. The summed E-state index contributed by atoms with van der Waals surface area (Å²) in [7, 11) is 1.94. The molecule has 1 saturated heterocycles. The van der Waals surface area contributed by atoms with Crippen LogP contribution in [0.5, 0.6) is 0 Å². The second kappa shape index (κ2) is 10.4. The SMILES string of the molecule is CCCc1ccc(C(=O)CCC(=O)N2CCNCC2c2nccn2C)cc1.Cl. The summed E-state index contributed by atoms with van der Waals surface area (Å²) in [6, 6.07) is 7.67. The van der Waals surface area contributed by atoms with Crippen molar-refractivity contribution in [2.75, 3.05) is 19.6 Å². The van der Waals surface area contributed by atoms with E-state index in [0.717, 1.165) is 25.2 Å². The molecule has 1 aromatic carbocycles. The molecule has 152 valence electrons. The molecule has 0 aliphatic carbocycles. The van der Waals surface area contributed by atoms with Crippen molar-refractivity contribution in [1.82, 2.24) is 19.8 Å². The maximum atomic E-state index is 12.8. The highest BCUT2D eigenvalue weighted by atomic mass is 35.5. The predicted molar refractivity (Wildman–Crippen MR) is 112 cm³/mol. The Morgan fingerprint density at radius 2 is 1.96 bits per heavy atom. The van der Waals surface area contributed by atoms with Crippen LogP contribution in [-0.2, 0) is 18.3 Å². The number of aromatic nitrogens is 2. The van der Waals surface area contributed by atoms with Crippen LogP contribution < -0.4 is 5.32 Å². The summed E-state index contributed by atoms with van der Waals surface area (Å²) in [4.78, 5) is 31.5. The first-order valence-electron chi connectivity index (χ1n) is 9.69. The van der Waals surface area contributed by atoms with Crippen LogP contribution in [0.4, 0.5) is 0 Å². The predicted octanol–water partition coefficient (Wildman–Crippen LogP) is 2.93. The lowest BCUT2D eigenvalue weighted by Gasteiger charge is -2.35. The lowest BCUT2D eigenvalue weighted by atomic mass is 10.0. The minimum atomic E-state index is -0.0883. The third kappa shape index (κ3) is 5.20. The second-order valence-corrected chi connectivity index (χ2v) is 7.07. The number of carbonyl (C=O) groups is 2. The Bertz CT molecular complexity index is 788.